The number of nitrogens with two attached hydrogens (primary N) is 1. The maximum Gasteiger partial charge on any atom is 0.707 e. The van der Waals surface area contributed by atoms with Crippen molar-refractivity contribution in [3.63, 3.8) is 0 Å². The van der Waals surface area contributed by atoms with E-state index in [9.17, 15) is 8.78 Å². The summed E-state index contributed by atoms with van der Waals surface area (Å²) in [6.07, 6.45) is 0. The molecule has 70 valence electrons. The van der Waals surface area contributed by atoms with Crippen LogP contribution >= 0.6 is 0 Å². The van der Waals surface area contributed by atoms with Crippen molar-refractivity contribution in [2.24, 2.45) is 0 Å². The summed E-state index contributed by atoms with van der Waals surface area (Å²) >= 11 is 0. The van der Waals surface area contributed by atoms with Crippen LogP contribution in [0.25, 0.3) is 0 Å². The van der Waals surface area contributed by atoms with Crippen LogP contribution in [0.5, 0.6) is 5.75 Å². The monoisotopic (exact) mass is 189 g/mol. The smallest absolute Gasteiger partial charge is 0.509 e. The van der Waals surface area contributed by atoms with Gasteiger partial charge in [0.1, 0.15) is 11.6 Å². The van der Waals surface area contributed by atoms with Crippen molar-refractivity contribution < 1.29 is 23.5 Å². The molecule has 1 aromatic carbocycles. The largest absolute Gasteiger partial charge is 0.707 e. The highest BCUT2D eigenvalue weighted by atomic mass is 19.1. The molecule has 13 heavy (non-hydrogen) atoms. The predicted molar refractivity (Wildman–Crippen MR) is 41.6 cm³/mol. The van der Waals surface area contributed by atoms with Gasteiger partial charge < -0.3 is 20.4 Å². The summed E-state index contributed by atoms with van der Waals surface area (Å²) in [4.78, 5) is 0. The molecule has 7 heteroatoms. The topological polar surface area (TPSA) is 75.7 Å². The van der Waals surface area contributed by atoms with Gasteiger partial charge in [-0.05, 0) is 0 Å². The molecule has 0 fully saturated rings. The Balaban J connectivity index is 3.01. The fourth-order valence-electron chi connectivity index (χ4n) is 0.749. The van der Waals surface area contributed by atoms with Crippen molar-refractivity contribution in [3.05, 3.63) is 23.8 Å². The normalized spacial score (nSPS) is 9.85. The Hall–Kier alpha value is -1.34. The van der Waals surface area contributed by atoms with Crippen LogP contribution in [-0.4, -0.2) is 17.4 Å². The van der Waals surface area contributed by atoms with Gasteiger partial charge in [-0.3, -0.25) is 0 Å². The van der Waals surface area contributed by atoms with E-state index in [0.717, 1.165) is 6.07 Å². The number of anilines is 1. The van der Waals surface area contributed by atoms with Crippen molar-refractivity contribution >= 4 is 13.0 Å². The molecule has 0 unspecified atom stereocenters. The first-order chi connectivity index (χ1) is 6.00. The zero-order chi connectivity index (χ0) is 10.0. The maximum absolute atomic E-state index is 12.7. The average Bonchev–Trinajstić information content (AvgIpc) is 1.99. The Labute approximate surface area is 72.7 Å². The van der Waals surface area contributed by atoms with E-state index >= 15 is 0 Å². The van der Waals surface area contributed by atoms with Gasteiger partial charge in [-0.25, -0.2) is 8.78 Å². The summed E-state index contributed by atoms with van der Waals surface area (Å²) in [6, 6.07) is 1.32. The second-order valence-corrected chi connectivity index (χ2v) is 2.25. The van der Waals surface area contributed by atoms with Crippen molar-refractivity contribution in [2.75, 3.05) is 5.73 Å². The number of benzene rings is 1. The second-order valence-electron chi connectivity index (χ2n) is 2.25. The maximum atomic E-state index is 12.7. The van der Waals surface area contributed by atoms with Crippen LogP contribution in [-0.2, 0) is 0 Å². The molecule has 1 aromatic rings. The molecule has 0 atom stereocenters. The van der Waals surface area contributed by atoms with Gasteiger partial charge in [-0.1, -0.05) is 0 Å². The van der Waals surface area contributed by atoms with Crippen molar-refractivity contribution in [2.45, 2.75) is 0 Å². The minimum atomic E-state index is -2.17. The highest BCUT2D eigenvalue weighted by Crippen LogP contribution is 2.23. The SMILES string of the molecule is Nc1cc(OB(O)O)c(F)cc1F. The third-order valence-corrected chi connectivity index (χ3v) is 1.28. The summed E-state index contributed by atoms with van der Waals surface area (Å²) in [5, 5.41) is 16.6. The standard InChI is InChI=1S/C6H6BF2NO3/c8-3-1-4(9)6(2-5(3)10)13-7(11)12/h1-2,11-12H,10H2. The lowest BCUT2D eigenvalue weighted by atomic mass is 10.2. The number of hydrogen-bond donors (Lipinski definition) is 3. The molecular weight excluding hydrogens is 183 g/mol. The summed E-state index contributed by atoms with van der Waals surface area (Å²) in [5.74, 6) is -2.51. The lowest BCUT2D eigenvalue weighted by molar-refractivity contribution is 0.281. The molecule has 1 rings (SSSR count). The van der Waals surface area contributed by atoms with Crippen LogP contribution in [0.3, 0.4) is 0 Å². The first-order valence-electron chi connectivity index (χ1n) is 3.28. The second kappa shape index (κ2) is 3.59. The molecule has 0 saturated heterocycles. The Morgan fingerprint density at radius 1 is 1.23 bits per heavy atom. The van der Waals surface area contributed by atoms with Gasteiger partial charge in [0.2, 0.25) is 0 Å². The molecule has 0 amide bonds. The van der Waals surface area contributed by atoms with E-state index in [1.54, 1.807) is 0 Å². The van der Waals surface area contributed by atoms with E-state index in [2.05, 4.69) is 4.65 Å². The summed E-state index contributed by atoms with van der Waals surface area (Å²) in [7, 11) is -2.17. The van der Waals surface area contributed by atoms with E-state index in [0.29, 0.717) is 6.07 Å². The molecule has 0 heterocycles. The zero-order valence-corrected chi connectivity index (χ0v) is 6.37. The van der Waals surface area contributed by atoms with Crippen LogP contribution in [0.15, 0.2) is 12.1 Å². The molecular formula is C6H6BF2NO3. The summed E-state index contributed by atoms with van der Waals surface area (Å²) < 4.78 is 29.5. The number of hydrogen-bond acceptors (Lipinski definition) is 4. The van der Waals surface area contributed by atoms with Gasteiger partial charge in [0.05, 0.1) is 5.69 Å². The third kappa shape index (κ3) is 2.30. The molecule has 0 aliphatic rings. The number of nitrogen functional groups attached to an aromatic ring is 1. The molecule has 4 N–H and O–H groups in total. The molecule has 0 aliphatic carbocycles. The van der Waals surface area contributed by atoms with Gasteiger partial charge in [0, 0.05) is 12.1 Å². The first-order valence-corrected chi connectivity index (χ1v) is 3.28. The fourth-order valence-corrected chi connectivity index (χ4v) is 0.749. The highest BCUT2D eigenvalue weighted by Gasteiger charge is 2.16. The minimum Gasteiger partial charge on any atom is -0.509 e. The Morgan fingerprint density at radius 3 is 2.38 bits per heavy atom. The number of rotatable bonds is 2. The van der Waals surface area contributed by atoms with Crippen LogP contribution in [0.1, 0.15) is 0 Å². The zero-order valence-electron chi connectivity index (χ0n) is 6.37. The lowest BCUT2D eigenvalue weighted by Crippen LogP contribution is -2.21. The molecule has 4 nitrogen and oxygen atoms in total. The molecule has 0 bridgehead atoms. The Bertz CT molecular complexity index is 321. The molecule has 0 aliphatic heterocycles. The third-order valence-electron chi connectivity index (χ3n) is 1.28. The summed E-state index contributed by atoms with van der Waals surface area (Å²) in [6.45, 7) is 0. The molecule has 0 aromatic heterocycles. The molecule has 0 radical (unpaired) electrons. The lowest BCUT2D eigenvalue weighted by Gasteiger charge is -2.06. The fraction of sp³-hybridized carbons (Fsp3) is 0. The minimum absolute atomic E-state index is 0.336. The Morgan fingerprint density at radius 2 is 1.85 bits per heavy atom. The van der Waals surface area contributed by atoms with Crippen LogP contribution in [0, 0.1) is 11.6 Å². The molecule has 0 spiro atoms. The van der Waals surface area contributed by atoms with Gasteiger partial charge in [0.15, 0.2) is 5.82 Å². The van der Waals surface area contributed by atoms with Crippen LogP contribution in [0.2, 0.25) is 0 Å². The molecule has 0 saturated carbocycles. The van der Waals surface area contributed by atoms with Gasteiger partial charge in [0.25, 0.3) is 0 Å². The van der Waals surface area contributed by atoms with Gasteiger partial charge in [-0.2, -0.15) is 0 Å². The van der Waals surface area contributed by atoms with Crippen LogP contribution < -0.4 is 10.4 Å². The average molecular weight is 189 g/mol. The van der Waals surface area contributed by atoms with Crippen molar-refractivity contribution in [3.8, 4) is 5.75 Å². The number of halogens is 2. The van der Waals surface area contributed by atoms with E-state index < -0.39 is 24.7 Å². The van der Waals surface area contributed by atoms with E-state index in [1.807, 2.05) is 0 Å². The van der Waals surface area contributed by atoms with Gasteiger partial charge >= 0.3 is 7.32 Å². The van der Waals surface area contributed by atoms with E-state index in [-0.39, 0.29) is 5.69 Å². The van der Waals surface area contributed by atoms with E-state index in [1.165, 1.54) is 0 Å². The van der Waals surface area contributed by atoms with Crippen LogP contribution in [0.4, 0.5) is 14.5 Å². The van der Waals surface area contributed by atoms with E-state index in [4.69, 9.17) is 15.8 Å². The first kappa shape index (κ1) is 9.75. The van der Waals surface area contributed by atoms with Crippen molar-refractivity contribution in [1.29, 1.82) is 0 Å². The summed E-state index contributed by atoms with van der Waals surface area (Å²) in [5.41, 5.74) is 4.74. The Kier molecular flexibility index (Phi) is 2.69. The quantitative estimate of drug-likeness (QED) is 0.448. The van der Waals surface area contributed by atoms with Crippen molar-refractivity contribution in [1.82, 2.24) is 0 Å². The van der Waals surface area contributed by atoms with Gasteiger partial charge in [-0.15, -0.1) is 0 Å². The highest BCUT2D eigenvalue weighted by molar-refractivity contribution is 6.33. The predicted octanol–water partition coefficient (Wildman–Crippen LogP) is -0.105.